The molecule has 0 spiro atoms. The predicted molar refractivity (Wildman–Crippen MR) is 82.4 cm³/mol. The van der Waals surface area contributed by atoms with Gasteiger partial charge in [0.05, 0.1) is 0 Å². The first-order valence-electron chi connectivity index (χ1n) is 7.13. The second-order valence-corrected chi connectivity index (χ2v) is 5.83. The molecular formula is C16H18N4O4. The number of amides is 1. The quantitative estimate of drug-likeness (QED) is 0.810. The Morgan fingerprint density at radius 3 is 2.54 bits per heavy atom. The summed E-state index contributed by atoms with van der Waals surface area (Å²) in [5.74, 6) is -0.758. The minimum Gasteiger partial charge on any atom is -0.449 e. The smallest absolute Gasteiger partial charge is 0.408 e. The highest BCUT2D eigenvalue weighted by Gasteiger charge is 2.26. The van der Waals surface area contributed by atoms with Crippen LogP contribution in [0.2, 0.25) is 0 Å². The molecule has 0 aromatic carbocycles. The van der Waals surface area contributed by atoms with E-state index in [4.69, 9.17) is 20.0 Å². The molecule has 0 radical (unpaired) electrons. The fourth-order valence-electron chi connectivity index (χ4n) is 1.69. The Morgan fingerprint density at radius 2 is 2.04 bits per heavy atom. The number of carbonyl (C=O) groups is 2. The van der Waals surface area contributed by atoms with Gasteiger partial charge in [-0.2, -0.15) is 10.5 Å². The molecule has 1 N–H and O–H groups in total. The van der Waals surface area contributed by atoms with Crippen molar-refractivity contribution in [3.05, 3.63) is 29.6 Å². The molecule has 1 atom stereocenters. The lowest BCUT2D eigenvalue weighted by Gasteiger charge is -2.22. The Bertz CT molecular complexity index is 665. The zero-order valence-electron chi connectivity index (χ0n) is 13.7. The number of alkyl carbamates (subject to hydrolysis) is 1. The number of aromatic nitrogens is 1. The Kier molecular flexibility index (Phi) is 6.69. The first kappa shape index (κ1) is 18.9. The molecule has 8 heteroatoms. The maximum Gasteiger partial charge on any atom is 0.408 e. The topological polar surface area (TPSA) is 125 Å². The van der Waals surface area contributed by atoms with E-state index in [-0.39, 0.29) is 12.1 Å². The number of nitrogens with zero attached hydrogens (tertiary/aromatic N) is 3. The highest BCUT2D eigenvalue weighted by Crippen LogP contribution is 2.09. The number of hydrogen-bond donors (Lipinski definition) is 1. The van der Waals surface area contributed by atoms with Crippen molar-refractivity contribution in [2.24, 2.45) is 0 Å². The van der Waals surface area contributed by atoms with Gasteiger partial charge in [-0.3, -0.25) is 0 Å². The monoisotopic (exact) mass is 330 g/mol. The number of nitrogens with one attached hydrogen (secondary N) is 1. The van der Waals surface area contributed by atoms with Gasteiger partial charge < -0.3 is 14.8 Å². The molecule has 0 aliphatic carbocycles. The third-order valence-electron chi connectivity index (χ3n) is 2.63. The fraction of sp³-hybridized carbons (Fsp3) is 0.438. The molecule has 0 unspecified atom stereocenters. The summed E-state index contributed by atoms with van der Waals surface area (Å²) in [6.45, 7) is 4.66. The molecule has 1 aromatic heterocycles. The van der Waals surface area contributed by atoms with E-state index >= 15 is 0 Å². The van der Waals surface area contributed by atoms with Gasteiger partial charge in [0.2, 0.25) is 0 Å². The van der Waals surface area contributed by atoms with Gasteiger partial charge >= 0.3 is 12.1 Å². The van der Waals surface area contributed by atoms with Crippen LogP contribution >= 0.6 is 0 Å². The molecule has 126 valence electrons. The summed E-state index contributed by atoms with van der Waals surface area (Å²) in [6.07, 6.45) is 0.741. The first-order valence-corrected chi connectivity index (χ1v) is 7.13. The number of esters is 1. The lowest BCUT2D eigenvalue weighted by molar-refractivity contribution is -0.144. The van der Waals surface area contributed by atoms with Crippen LogP contribution < -0.4 is 5.32 Å². The molecular weight excluding hydrogens is 312 g/mol. The van der Waals surface area contributed by atoms with E-state index < -0.39 is 30.3 Å². The van der Waals surface area contributed by atoms with Crippen LogP contribution in [-0.2, 0) is 20.7 Å². The summed E-state index contributed by atoms with van der Waals surface area (Å²) in [5.41, 5.74) is 0.132. The van der Waals surface area contributed by atoms with Gasteiger partial charge in [-0.05, 0) is 32.4 Å². The number of nitriles is 2. The van der Waals surface area contributed by atoms with Gasteiger partial charge in [0.1, 0.15) is 29.5 Å². The van der Waals surface area contributed by atoms with Crippen LogP contribution in [0.4, 0.5) is 4.79 Å². The van der Waals surface area contributed by atoms with E-state index in [1.807, 2.05) is 6.07 Å². The zero-order chi connectivity index (χ0) is 18.2. The summed E-state index contributed by atoms with van der Waals surface area (Å²) < 4.78 is 9.87. The van der Waals surface area contributed by atoms with Gasteiger partial charge in [-0.15, -0.1) is 0 Å². The Balaban J connectivity index is 2.84. The van der Waals surface area contributed by atoms with E-state index in [2.05, 4.69) is 10.3 Å². The van der Waals surface area contributed by atoms with E-state index in [9.17, 15) is 9.59 Å². The molecule has 0 saturated carbocycles. The average Bonchev–Trinajstić information content (AvgIpc) is 2.50. The van der Waals surface area contributed by atoms with Crippen LogP contribution in [0.25, 0.3) is 0 Å². The van der Waals surface area contributed by atoms with Crippen LogP contribution in [0.1, 0.15) is 32.0 Å². The van der Waals surface area contributed by atoms with E-state index in [1.54, 1.807) is 32.9 Å². The molecule has 1 amide bonds. The summed E-state index contributed by atoms with van der Waals surface area (Å²) in [7, 11) is 0. The number of pyridine rings is 1. The van der Waals surface area contributed by atoms with Crippen LogP contribution in [0.15, 0.2) is 18.3 Å². The van der Waals surface area contributed by atoms with Crippen molar-refractivity contribution in [3.8, 4) is 12.1 Å². The maximum atomic E-state index is 12.0. The molecule has 1 heterocycles. The van der Waals surface area contributed by atoms with Gasteiger partial charge in [0.25, 0.3) is 0 Å². The fourth-order valence-corrected chi connectivity index (χ4v) is 1.69. The molecule has 1 aromatic rings. The van der Waals surface area contributed by atoms with Crippen LogP contribution in [0.5, 0.6) is 0 Å². The SMILES string of the molecule is CC(C)(C)OC(=O)N[C@@H](Cc1ccc(C#N)nc1)C(=O)OCC#N. The summed E-state index contributed by atoms with van der Waals surface area (Å²) in [6, 6.07) is 5.66. The van der Waals surface area contributed by atoms with Crippen LogP contribution in [0, 0.1) is 22.7 Å². The highest BCUT2D eigenvalue weighted by molar-refractivity contribution is 5.81. The van der Waals surface area contributed by atoms with Gasteiger partial charge in [0, 0.05) is 12.6 Å². The third kappa shape index (κ3) is 6.75. The van der Waals surface area contributed by atoms with Gasteiger partial charge in [-0.25, -0.2) is 14.6 Å². The van der Waals surface area contributed by atoms with Crippen molar-refractivity contribution in [2.75, 3.05) is 6.61 Å². The standard InChI is InChI=1S/C16H18N4O4/c1-16(2,3)24-15(22)20-13(14(21)23-7-6-17)8-11-4-5-12(9-18)19-10-11/h4-5,10,13H,7-8H2,1-3H3,(H,20,22)/t13-/m0/s1. The molecule has 0 fully saturated rings. The van der Waals surface area contributed by atoms with Crippen molar-refractivity contribution < 1.29 is 19.1 Å². The normalized spacial score (nSPS) is 11.5. The molecule has 24 heavy (non-hydrogen) atoms. The molecule has 0 bridgehead atoms. The molecule has 1 rings (SSSR count). The molecule has 8 nitrogen and oxygen atoms in total. The number of ether oxygens (including phenoxy) is 2. The lowest BCUT2D eigenvalue weighted by atomic mass is 10.1. The molecule has 0 aliphatic rings. The first-order chi connectivity index (χ1) is 11.2. The minimum atomic E-state index is -1.04. The van der Waals surface area contributed by atoms with Crippen molar-refractivity contribution in [1.82, 2.24) is 10.3 Å². The molecule has 0 aliphatic heterocycles. The second kappa shape index (κ2) is 8.49. The predicted octanol–water partition coefficient (Wildman–Crippen LogP) is 1.46. The van der Waals surface area contributed by atoms with Crippen molar-refractivity contribution in [1.29, 1.82) is 10.5 Å². The van der Waals surface area contributed by atoms with E-state index in [0.29, 0.717) is 5.56 Å². The van der Waals surface area contributed by atoms with Crippen molar-refractivity contribution in [2.45, 2.75) is 38.8 Å². The van der Waals surface area contributed by atoms with Crippen LogP contribution in [-0.4, -0.2) is 35.3 Å². The lowest BCUT2D eigenvalue weighted by Crippen LogP contribution is -2.45. The van der Waals surface area contributed by atoms with Gasteiger partial charge in [-0.1, -0.05) is 6.07 Å². The number of hydrogen-bond acceptors (Lipinski definition) is 7. The Hall–Kier alpha value is -3.13. The van der Waals surface area contributed by atoms with Crippen molar-refractivity contribution in [3.63, 3.8) is 0 Å². The zero-order valence-corrected chi connectivity index (χ0v) is 13.7. The highest BCUT2D eigenvalue weighted by atomic mass is 16.6. The van der Waals surface area contributed by atoms with Crippen molar-refractivity contribution >= 4 is 12.1 Å². The number of rotatable bonds is 5. The largest absolute Gasteiger partial charge is 0.449 e. The third-order valence-corrected chi connectivity index (χ3v) is 2.63. The summed E-state index contributed by atoms with van der Waals surface area (Å²) in [5, 5.41) is 19.7. The number of carbonyl (C=O) groups excluding carboxylic acids is 2. The van der Waals surface area contributed by atoms with E-state index in [0.717, 1.165) is 0 Å². The summed E-state index contributed by atoms with van der Waals surface area (Å²) >= 11 is 0. The second-order valence-electron chi connectivity index (χ2n) is 5.83. The molecule has 0 saturated heterocycles. The Labute approximate surface area is 140 Å². The minimum absolute atomic E-state index is 0.0855. The van der Waals surface area contributed by atoms with Crippen LogP contribution in [0.3, 0.4) is 0 Å². The average molecular weight is 330 g/mol. The maximum absolute atomic E-state index is 12.0. The Morgan fingerprint density at radius 1 is 1.33 bits per heavy atom. The van der Waals surface area contributed by atoms with Gasteiger partial charge in [0.15, 0.2) is 6.61 Å². The summed E-state index contributed by atoms with van der Waals surface area (Å²) in [4.78, 5) is 27.8. The van der Waals surface area contributed by atoms with E-state index in [1.165, 1.54) is 12.3 Å².